The van der Waals surface area contributed by atoms with Gasteiger partial charge in [-0.2, -0.15) is 0 Å². The SMILES string of the molecule is C.CN(C)C1CN(C)N(C(=O)Cc2ccc(F)cc2)C1.CN(C)C1CN(C)N(C(=O)Cc2ccc(F)cc2)C1.CN(C)C1CNN(C(=O)Cc2ccc(F)cc2)C1.CN(C)C1CNN(C(=O)Cc2ccc(F)cc2)C1.CN1CC(=O)CN1C(=O)Cc1ccc(F)cc1.CNC.CSc1nccc(C(=O)Cl)n1. The number of rotatable bonds is 16. The van der Waals surface area contributed by atoms with Gasteiger partial charge >= 0.3 is 0 Å². The van der Waals surface area contributed by atoms with Crippen molar-refractivity contribution >= 4 is 63.9 Å². The topological polar surface area (TPSA) is 220 Å². The van der Waals surface area contributed by atoms with E-state index in [4.69, 9.17) is 11.6 Å². The van der Waals surface area contributed by atoms with Crippen molar-refractivity contribution in [2.45, 2.75) is 68.9 Å². The molecule has 580 valence electrons. The highest BCUT2D eigenvalue weighted by Crippen LogP contribution is 2.19. The quantitative estimate of drug-likeness (QED) is 0.0442. The van der Waals surface area contributed by atoms with Gasteiger partial charge in [0.1, 0.15) is 34.8 Å². The van der Waals surface area contributed by atoms with Gasteiger partial charge in [0.25, 0.3) is 5.24 Å². The maximum absolute atomic E-state index is 12.8. The molecule has 1 aromatic heterocycles. The van der Waals surface area contributed by atoms with Crippen LogP contribution in [0.2, 0.25) is 0 Å². The minimum Gasteiger partial charge on any atom is -0.323 e. The predicted octanol–water partition coefficient (Wildman–Crippen LogP) is 5.94. The lowest BCUT2D eigenvalue weighted by molar-refractivity contribution is -0.141. The first-order valence-electron chi connectivity index (χ1n) is 33.9. The number of carbonyl (C=O) groups excluding carboxylic acids is 7. The molecular weight excluding hydrogens is 1410 g/mol. The second-order valence-electron chi connectivity index (χ2n) is 26.4. The Morgan fingerprint density at radius 2 is 0.745 bits per heavy atom. The minimum absolute atomic E-state index is 0. The molecule has 0 spiro atoms. The van der Waals surface area contributed by atoms with Gasteiger partial charge in [0.05, 0.1) is 71.4 Å². The van der Waals surface area contributed by atoms with E-state index in [0.717, 1.165) is 54.0 Å². The summed E-state index contributed by atoms with van der Waals surface area (Å²) in [5, 5.41) is 16.5. The van der Waals surface area contributed by atoms with Crippen LogP contribution in [0.15, 0.2) is 139 Å². The second-order valence-corrected chi connectivity index (χ2v) is 27.5. The van der Waals surface area contributed by atoms with Crippen molar-refractivity contribution in [3.63, 3.8) is 0 Å². The maximum atomic E-state index is 12.8. The van der Waals surface area contributed by atoms with Crippen molar-refractivity contribution in [1.29, 1.82) is 0 Å². The monoisotopic (exact) mass is 1520 g/mol. The predicted molar refractivity (Wildman–Crippen MR) is 404 cm³/mol. The van der Waals surface area contributed by atoms with Crippen molar-refractivity contribution < 1.29 is 55.5 Å². The van der Waals surface area contributed by atoms with Gasteiger partial charge in [-0.25, -0.2) is 57.8 Å². The van der Waals surface area contributed by atoms with E-state index in [1.165, 1.54) is 89.7 Å². The van der Waals surface area contributed by atoms with Crippen molar-refractivity contribution in [3.05, 3.63) is 196 Å². The molecule has 5 amide bonds. The first-order chi connectivity index (χ1) is 49.8. The fourth-order valence-corrected chi connectivity index (χ4v) is 11.3. The Labute approximate surface area is 630 Å². The molecule has 5 fully saturated rings. The third-order valence-corrected chi connectivity index (χ3v) is 18.0. The van der Waals surface area contributed by atoms with Crippen molar-refractivity contribution in [1.82, 2.24) is 85.8 Å². The Morgan fingerprint density at radius 1 is 0.453 bits per heavy atom. The Bertz CT molecular complexity index is 3550. The molecular formula is C75H105ClF5N17O7S. The molecule has 6 heterocycles. The Kier molecular flexibility index (Phi) is 38.6. The number of nitrogens with zero attached hydrogens (tertiary/aromatic N) is 14. The standard InChI is InChI=1S/2C14H20FN3O.2C13H18FN3O.C12H13FN2O2.C6H5ClN2OS.C2H7N.CH4/c2*1-16(2)13-9-17(3)18(10-13)14(19)8-11-4-6-12(15)7-5-11;2*1-16(2)12-8-15-17(9-12)13(18)7-10-3-5-11(14)6-4-10;1-14-7-11(16)8-15(14)12(17)6-9-2-4-10(13)5-3-9;1-11-6-8-3-2-4(9-6)5(7)10;1-3-2;/h2*4-7,13H,8-10H2,1-3H3;2*3-6,12,15H,7-9H2,1-2H3;2-5H,6-8H2,1H3;2-3H,1H3;3H,1-2H3;1H4. The van der Waals surface area contributed by atoms with Crippen LogP contribution >= 0.6 is 23.4 Å². The summed E-state index contributed by atoms with van der Waals surface area (Å²) in [6, 6.07) is 33.0. The number of hydrazine groups is 5. The summed E-state index contributed by atoms with van der Waals surface area (Å²) in [6.07, 6.45) is 4.74. The molecule has 6 aromatic rings. The zero-order chi connectivity index (χ0) is 77.6. The number of likely N-dealkylation sites (N-methyl/N-ethyl adjacent to an activating group) is 7. The number of nitrogens with one attached hydrogen (secondary N) is 3. The highest BCUT2D eigenvalue weighted by atomic mass is 35.5. The van der Waals surface area contributed by atoms with E-state index < -0.39 is 5.24 Å². The number of Topliss-reactive ketones (excluding diaryl/α,β-unsaturated/α-hetero) is 1. The van der Waals surface area contributed by atoms with Gasteiger partial charge < -0.3 is 24.9 Å². The summed E-state index contributed by atoms with van der Waals surface area (Å²) < 4.78 is 63.8. The number of hydrogen-bond acceptors (Lipinski definition) is 20. The van der Waals surface area contributed by atoms with E-state index in [9.17, 15) is 55.5 Å². The van der Waals surface area contributed by atoms with Crippen LogP contribution in [-0.2, 0) is 60.9 Å². The van der Waals surface area contributed by atoms with Crippen molar-refractivity contribution in [3.8, 4) is 0 Å². The summed E-state index contributed by atoms with van der Waals surface area (Å²) in [7, 11) is 25.4. The molecule has 31 heteroatoms. The number of carbonyl (C=O) groups is 7. The summed E-state index contributed by atoms with van der Waals surface area (Å²) in [5.41, 5.74) is 10.5. The molecule has 24 nitrogen and oxygen atoms in total. The second kappa shape index (κ2) is 45.4. The van der Waals surface area contributed by atoms with Gasteiger partial charge in [0, 0.05) is 77.7 Å². The highest BCUT2D eigenvalue weighted by molar-refractivity contribution is 7.98. The van der Waals surface area contributed by atoms with Crippen LogP contribution in [0.5, 0.6) is 0 Å². The smallest absolute Gasteiger partial charge is 0.270 e. The van der Waals surface area contributed by atoms with Gasteiger partial charge in [-0.1, -0.05) is 79.9 Å². The molecule has 11 rings (SSSR count). The van der Waals surface area contributed by atoms with E-state index in [1.54, 1.807) is 92.8 Å². The van der Waals surface area contributed by atoms with Crippen molar-refractivity contribution in [2.75, 3.05) is 163 Å². The number of benzene rings is 5. The molecule has 0 aliphatic carbocycles. The molecule has 106 heavy (non-hydrogen) atoms. The third-order valence-electron chi connectivity index (χ3n) is 17.3. The molecule has 5 aliphatic heterocycles. The van der Waals surface area contributed by atoms with Gasteiger partial charge in [0.15, 0.2) is 10.9 Å². The fraction of sp³-hybridized carbons (Fsp3) is 0.453. The summed E-state index contributed by atoms with van der Waals surface area (Å²) in [4.78, 5) is 98.4. The molecule has 5 saturated heterocycles. The van der Waals surface area contributed by atoms with Crippen LogP contribution in [0.1, 0.15) is 45.7 Å². The lowest BCUT2D eigenvalue weighted by Crippen LogP contribution is -2.39. The average Bonchev–Trinajstić information content (AvgIpc) is 1.71. The Hall–Kier alpha value is -8.24. The van der Waals surface area contributed by atoms with Crippen LogP contribution in [0.4, 0.5) is 22.0 Å². The molecule has 3 N–H and O–H groups in total. The van der Waals surface area contributed by atoms with Gasteiger partial charge in [-0.3, -0.25) is 58.6 Å². The number of hydrogen-bond donors (Lipinski definition) is 3. The largest absolute Gasteiger partial charge is 0.323 e. The molecule has 5 aromatic carbocycles. The molecule has 0 bridgehead atoms. The molecule has 5 aliphatic rings. The zero-order valence-corrected chi connectivity index (χ0v) is 64.0. The van der Waals surface area contributed by atoms with Crippen LogP contribution in [0.3, 0.4) is 0 Å². The van der Waals surface area contributed by atoms with E-state index in [0.29, 0.717) is 81.2 Å². The maximum Gasteiger partial charge on any atom is 0.270 e. The normalized spacial score (nSPS) is 17.7. The molecule has 4 atom stereocenters. The lowest BCUT2D eigenvalue weighted by Gasteiger charge is -2.23. The van der Waals surface area contributed by atoms with E-state index in [1.807, 2.05) is 101 Å². The molecule has 0 radical (unpaired) electrons. The number of halogens is 6. The van der Waals surface area contributed by atoms with Crippen LogP contribution in [0, 0.1) is 29.1 Å². The molecule has 0 saturated carbocycles. The van der Waals surface area contributed by atoms with Gasteiger partial charge in [0.2, 0.25) is 29.5 Å². The summed E-state index contributed by atoms with van der Waals surface area (Å²) >= 11 is 6.56. The fourth-order valence-electron chi connectivity index (χ4n) is 10.9. The Morgan fingerprint density at radius 3 is 0.991 bits per heavy atom. The van der Waals surface area contributed by atoms with Gasteiger partial charge in [-0.05, 0) is 183 Å². The number of amides is 5. The summed E-state index contributed by atoms with van der Waals surface area (Å²) in [5.74, 6) is -1.41. The minimum atomic E-state index is -0.553. The Balaban J connectivity index is 0.000000268. The number of ketones is 1. The molecule has 4 unspecified atom stereocenters. The summed E-state index contributed by atoms with van der Waals surface area (Å²) in [6.45, 7) is 6.47. The third kappa shape index (κ3) is 30.6. The van der Waals surface area contributed by atoms with Crippen LogP contribution in [-0.4, -0.2) is 298 Å². The van der Waals surface area contributed by atoms with Crippen LogP contribution in [0.25, 0.3) is 0 Å². The van der Waals surface area contributed by atoms with Gasteiger partial charge in [-0.15, -0.1) is 0 Å². The number of thioether (sulfide) groups is 1. The number of aromatic nitrogens is 2. The van der Waals surface area contributed by atoms with Crippen LogP contribution < -0.4 is 16.2 Å². The zero-order valence-electron chi connectivity index (χ0n) is 62.4. The van der Waals surface area contributed by atoms with E-state index in [2.05, 4.69) is 45.7 Å². The van der Waals surface area contributed by atoms with E-state index in [-0.39, 0.29) is 97.0 Å². The van der Waals surface area contributed by atoms with E-state index >= 15 is 0 Å². The average molecular weight is 1520 g/mol. The lowest BCUT2D eigenvalue weighted by atomic mass is 10.1. The highest BCUT2D eigenvalue weighted by Gasteiger charge is 2.35. The van der Waals surface area contributed by atoms with Crippen molar-refractivity contribution in [2.24, 2.45) is 0 Å². The first-order valence-corrected chi connectivity index (χ1v) is 35.5. The first kappa shape index (κ1) is 90.2.